The third-order valence-electron chi connectivity index (χ3n) is 2.38. The maximum atomic E-state index is 12.1. The highest BCUT2D eigenvalue weighted by Gasteiger charge is 2.31. The first kappa shape index (κ1) is 12.2. The van der Waals surface area contributed by atoms with Crippen LogP contribution >= 0.6 is 11.6 Å². The molecule has 2 aromatic rings. The molecule has 1 aromatic carbocycles. The van der Waals surface area contributed by atoms with Gasteiger partial charge in [0, 0.05) is 6.54 Å². The van der Waals surface area contributed by atoms with Crippen molar-refractivity contribution in [1.82, 2.24) is 9.55 Å². The summed E-state index contributed by atoms with van der Waals surface area (Å²) in [6.07, 6.45) is -3.72. The molecule has 0 N–H and O–H groups in total. The summed E-state index contributed by atoms with van der Waals surface area (Å²) in [6, 6.07) is 7.25. The summed E-state index contributed by atoms with van der Waals surface area (Å²) in [4.78, 5) is 4.09. The van der Waals surface area contributed by atoms with E-state index >= 15 is 0 Å². The van der Waals surface area contributed by atoms with Crippen LogP contribution in [0.1, 0.15) is 6.42 Å². The number of aromatic nitrogens is 2. The molecule has 2 nitrogen and oxygen atoms in total. The van der Waals surface area contributed by atoms with Crippen LogP contribution in [0.15, 0.2) is 30.6 Å². The van der Waals surface area contributed by atoms with Crippen molar-refractivity contribution in [3.05, 3.63) is 30.6 Å². The maximum absolute atomic E-state index is 12.1. The Morgan fingerprint density at radius 3 is 2.71 bits per heavy atom. The van der Waals surface area contributed by atoms with Crippen LogP contribution in [0, 0.1) is 0 Å². The molecule has 0 saturated carbocycles. The molecule has 0 fully saturated rings. The van der Waals surface area contributed by atoms with Crippen LogP contribution in [0.3, 0.4) is 0 Å². The predicted molar refractivity (Wildman–Crippen MR) is 60.0 cm³/mol. The SMILES string of the molecule is FC(F)(F)CC(Cl)Cn1cnc2ccccc21. The molecule has 0 saturated heterocycles. The van der Waals surface area contributed by atoms with Gasteiger partial charge in [-0.2, -0.15) is 13.2 Å². The van der Waals surface area contributed by atoms with E-state index in [1.807, 2.05) is 12.1 Å². The highest BCUT2D eigenvalue weighted by atomic mass is 35.5. The molecule has 0 radical (unpaired) electrons. The minimum Gasteiger partial charge on any atom is -0.329 e. The lowest BCUT2D eigenvalue weighted by Crippen LogP contribution is -2.19. The average molecular weight is 263 g/mol. The lowest BCUT2D eigenvalue weighted by molar-refractivity contribution is -0.135. The van der Waals surface area contributed by atoms with E-state index in [0.29, 0.717) is 0 Å². The summed E-state index contributed by atoms with van der Waals surface area (Å²) >= 11 is 5.69. The van der Waals surface area contributed by atoms with Gasteiger partial charge in [0.1, 0.15) is 0 Å². The molecule has 0 amide bonds. The molecule has 6 heteroatoms. The summed E-state index contributed by atoms with van der Waals surface area (Å²) in [5.41, 5.74) is 1.55. The fourth-order valence-electron chi connectivity index (χ4n) is 1.68. The van der Waals surface area contributed by atoms with Gasteiger partial charge < -0.3 is 4.57 Å². The zero-order valence-corrected chi connectivity index (χ0v) is 9.54. The van der Waals surface area contributed by atoms with Crippen LogP contribution in [-0.2, 0) is 6.54 Å². The molecule has 0 aliphatic rings. The fourth-order valence-corrected chi connectivity index (χ4v) is 2.01. The Balaban J connectivity index is 2.13. The molecule has 1 atom stereocenters. The van der Waals surface area contributed by atoms with Crippen molar-refractivity contribution in [2.75, 3.05) is 0 Å². The van der Waals surface area contributed by atoms with Gasteiger partial charge in [0.15, 0.2) is 0 Å². The second-order valence-corrected chi connectivity index (χ2v) is 4.42. The van der Waals surface area contributed by atoms with Gasteiger partial charge in [0.2, 0.25) is 0 Å². The van der Waals surface area contributed by atoms with Crippen molar-refractivity contribution >= 4 is 22.6 Å². The minimum atomic E-state index is -4.23. The Hall–Kier alpha value is -1.23. The predicted octanol–water partition coefficient (Wildman–Crippen LogP) is 3.60. The summed E-state index contributed by atoms with van der Waals surface area (Å²) < 4.78 is 38.1. The van der Waals surface area contributed by atoms with Crippen molar-refractivity contribution in [1.29, 1.82) is 0 Å². The van der Waals surface area contributed by atoms with E-state index in [9.17, 15) is 13.2 Å². The lowest BCUT2D eigenvalue weighted by atomic mass is 10.2. The molecular formula is C11H10ClF3N2. The van der Waals surface area contributed by atoms with Gasteiger partial charge in [0.25, 0.3) is 0 Å². The highest BCUT2D eigenvalue weighted by molar-refractivity contribution is 6.20. The number of fused-ring (bicyclic) bond motifs is 1. The third-order valence-corrected chi connectivity index (χ3v) is 2.67. The first-order valence-corrected chi connectivity index (χ1v) is 5.50. The monoisotopic (exact) mass is 262 g/mol. The van der Waals surface area contributed by atoms with Crippen LogP contribution in [0.5, 0.6) is 0 Å². The first-order valence-electron chi connectivity index (χ1n) is 5.06. The summed E-state index contributed by atoms with van der Waals surface area (Å²) in [7, 11) is 0. The summed E-state index contributed by atoms with van der Waals surface area (Å²) in [5.74, 6) is 0. The quantitative estimate of drug-likeness (QED) is 0.773. The molecule has 1 unspecified atom stereocenters. The number of halogens is 4. The van der Waals surface area contributed by atoms with Crippen molar-refractivity contribution in [3.8, 4) is 0 Å². The number of benzene rings is 1. The van der Waals surface area contributed by atoms with Crippen LogP contribution in [0.2, 0.25) is 0 Å². The van der Waals surface area contributed by atoms with E-state index < -0.39 is 18.0 Å². The van der Waals surface area contributed by atoms with E-state index in [2.05, 4.69) is 4.98 Å². The Morgan fingerprint density at radius 2 is 2.00 bits per heavy atom. The summed E-state index contributed by atoms with van der Waals surface area (Å²) in [6.45, 7) is 0.0988. The molecule has 1 heterocycles. The molecule has 17 heavy (non-hydrogen) atoms. The number of alkyl halides is 4. The number of nitrogens with zero attached hydrogens (tertiary/aromatic N) is 2. The zero-order chi connectivity index (χ0) is 12.5. The lowest BCUT2D eigenvalue weighted by Gasteiger charge is -2.13. The van der Waals surface area contributed by atoms with Crippen molar-refractivity contribution in [3.63, 3.8) is 0 Å². The molecule has 0 bridgehead atoms. The van der Waals surface area contributed by atoms with Gasteiger partial charge in [-0.25, -0.2) is 4.98 Å². The molecule has 92 valence electrons. The van der Waals surface area contributed by atoms with Crippen LogP contribution in [0.4, 0.5) is 13.2 Å². The van der Waals surface area contributed by atoms with Gasteiger partial charge in [-0.1, -0.05) is 12.1 Å². The number of para-hydroxylation sites is 2. The maximum Gasteiger partial charge on any atom is 0.390 e. The second kappa shape index (κ2) is 4.56. The van der Waals surface area contributed by atoms with Crippen molar-refractivity contribution in [2.24, 2.45) is 0 Å². The van der Waals surface area contributed by atoms with Crippen molar-refractivity contribution in [2.45, 2.75) is 24.5 Å². The standard InChI is InChI=1S/C11H10ClF3N2/c12-8(5-11(13,14)15)6-17-7-16-9-3-1-2-4-10(9)17/h1-4,7-8H,5-6H2. The van der Waals surface area contributed by atoms with E-state index in [1.165, 1.54) is 6.33 Å². The van der Waals surface area contributed by atoms with E-state index in [-0.39, 0.29) is 6.54 Å². The molecule has 2 rings (SSSR count). The van der Waals surface area contributed by atoms with Crippen LogP contribution in [0.25, 0.3) is 11.0 Å². The average Bonchev–Trinajstić information content (AvgIpc) is 2.59. The fraction of sp³-hybridized carbons (Fsp3) is 0.364. The second-order valence-electron chi connectivity index (χ2n) is 3.80. The third kappa shape index (κ3) is 3.12. The van der Waals surface area contributed by atoms with Gasteiger partial charge in [0.05, 0.1) is 29.2 Å². The van der Waals surface area contributed by atoms with E-state index in [0.717, 1.165) is 11.0 Å². The molecule has 0 aliphatic carbocycles. The minimum absolute atomic E-state index is 0.0988. The summed E-state index contributed by atoms with van der Waals surface area (Å²) in [5, 5.41) is -0.979. The molecule has 1 aromatic heterocycles. The Kier molecular flexibility index (Phi) is 3.28. The molecular weight excluding hydrogens is 253 g/mol. The van der Waals surface area contributed by atoms with Crippen LogP contribution in [-0.4, -0.2) is 21.1 Å². The van der Waals surface area contributed by atoms with Crippen LogP contribution < -0.4 is 0 Å². The number of hydrogen-bond acceptors (Lipinski definition) is 1. The number of rotatable bonds is 3. The number of imidazole rings is 1. The Labute approximate surface area is 101 Å². The Morgan fingerprint density at radius 1 is 1.29 bits per heavy atom. The largest absolute Gasteiger partial charge is 0.390 e. The van der Waals surface area contributed by atoms with Gasteiger partial charge in [-0.15, -0.1) is 11.6 Å². The normalized spacial score (nSPS) is 14.1. The highest BCUT2D eigenvalue weighted by Crippen LogP contribution is 2.25. The van der Waals surface area contributed by atoms with E-state index in [4.69, 9.17) is 11.6 Å². The van der Waals surface area contributed by atoms with Gasteiger partial charge in [-0.3, -0.25) is 0 Å². The van der Waals surface area contributed by atoms with E-state index in [1.54, 1.807) is 16.7 Å². The Bertz CT molecular complexity index is 507. The van der Waals surface area contributed by atoms with Gasteiger partial charge in [-0.05, 0) is 12.1 Å². The van der Waals surface area contributed by atoms with Crippen molar-refractivity contribution < 1.29 is 13.2 Å². The zero-order valence-electron chi connectivity index (χ0n) is 8.78. The molecule has 0 aliphatic heterocycles. The number of hydrogen-bond donors (Lipinski definition) is 0. The first-order chi connectivity index (χ1) is 7.96. The smallest absolute Gasteiger partial charge is 0.329 e. The topological polar surface area (TPSA) is 17.8 Å². The van der Waals surface area contributed by atoms with Gasteiger partial charge >= 0.3 is 6.18 Å². The molecule has 0 spiro atoms.